The summed E-state index contributed by atoms with van der Waals surface area (Å²) in [6.07, 6.45) is -5.66. The van der Waals surface area contributed by atoms with Gasteiger partial charge in [0.2, 0.25) is 0 Å². The molecule has 0 aliphatic carbocycles. The zero-order valence-corrected chi connectivity index (χ0v) is 11.2. The number of aryl methyl sites for hydroxylation is 1. The summed E-state index contributed by atoms with van der Waals surface area (Å²) in [5.74, 6) is -0.768. The number of halogens is 3. The molecule has 0 radical (unpaired) electrons. The zero-order chi connectivity index (χ0) is 16.2. The van der Waals surface area contributed by atoms with Gasteiger partial charge in [0.05, 0.1) is 4.92 Å². The Bertz CT molecular complexity index is 546. The van der Waals surface area contributed by atoms with Crippen molar-refractivity contribution in [2.45, 2.75) is 26.1 Å². The number of rotatable bonds is 5. The van der Waals surface area contributed by atoms with Gasteiger partial charge in [-0.1, -0.05) is 0 Å². The molecule has 0 fully saturated rings. The molecule has 1 aromatic carbocycles. The molecular weight excluding hydrogens is 293 g/mol. The maximum atomic E-state index is 12.0. The van der Waals surface area contributed by atoms with E-state index in [1.807, 2.05) is 0 Å². The Morgan fingerprint density at radius 3 is 2.57 bits per heavy atom. The normalized spacial score (nSPS) is 12.6. The number of alkyl halides is 3. The third-order valence-electron chi connectivity index (χ3n) is 2.51. The lowest BCUT2D eigenvalue weighted by Gasteiger charge is -2.15. The number of nitrogens with one attached hydrogen (secondary N) is 1. The van der Waals surface area contributed by atoms with Crippen LogP contribution in [-0.4, -0.2) is 29.7 Å². The van der Waals surface area contributed by atoms with Crippen LogP contribution in [0.1, 0.15) is 12.5 Å². The van der Waals surface area contributed by atoms with E-state index >= 15 is 0 Å². The van der Waals surface area contributed by atoms with Crippen LogP contribution in [0.25, 0.3) is 0 Å². The van der Waals surface area contributed by atoms with Crippen molar-refractivity contribution < 1.29 is 27.6 Å². The standard InChI is InChI=1S/C12H13F3N2O4/c1-7-5-9(3-4-10(7)17(19)20)21-8(2)11(18)16-6-12(13,14)15/h3-5,8H,6H2,1-2H3,(H,16,18). The summed E-state index contributed by atoms with van der Waals surface area (Å²) in [5.41, 5.74) is 0.205. The number of hydrogen-bond donors (Lipinski definition) is 1. The molecule has 0 saturated carbocycles. The Balaban J connectivity index is 2.66. The van der Waals surface area contributed by atoms with E-state index in [2.05, 4.69) is 0 Å². The molecule has 1 N–H and O–H groups in total. The average Bonchev–Trinajstić information content (AvgIpc) is 2.34. The lowest BCUT2D eigenvalue weighted by atomic mass is 10.2. The van der Waals surface area contributed by atoms with Gasteiger partial charge in [0.25, 0.3) is 11.6 Å². The molecule has 0 aliphatic heterocycles. The smallest absolute Gasteiger partial charge is 0.405 e. The van der Waals surface area contributed by atoms with Crippen molar-refractivity contribution in [2.75, 3.05) is 6.54 Å². The Morgan fingerprint density at radius 2 is 2.10 bits per heavy atom. The van der Waals surface area contributed by atoms with Crippen LogP contribution in [0.5, 0.6) is 5.75 Å². The molecule has 6 nitrogen and oxygen atoms in total. The van der Waals surface area contributed by atoms with Gasteiger partial charge in [-0.05, 0) is 26.0 Å². The first-order valence-electron chi connectivity index (χ1n) is 5.86. The SMILES string of the molecule is Cc1cc(OC(C)C(=O)NCC(F)(F)F)ccc1[N+](=O)[O-]. The first-order chi connectivity index (χ1) is 9.60. The average molecular weight is 306 g/mol. The predicted molar refractivity (Wildman–Crippen MR) is 67.0 cm³/mol. The Labute approximate surface area is 118 Å². The van der Waals surface area contributed by atoms with Crippen LogP contribution in [0, 0.1) is 17.0 Å². The van der Waals surface area contributed by atoms with E-state index in [4.69, 9.17) is 4.74 Å². The molecule has 1 atom stereocenters. The second-order valence-electron chi connectivity index (χ2n) is 4.30. The number of amides is 1. The summed E-state index contributed by atoms with van der Waals surface area (Å²) in [6, 6.07) is 3.81. The van der Waals surface area contributed by atoms with Crippen molar-refractivity contribution in [3.63, 3.8) is 0 Å². The predicted octanol–water partition coefficient (Wildman–Crippen LogP) is 2.35. The van der Waals surface area contributed by atoms with Gasteiger partial charge in [0, 0.05) is 11.6 Å². The number of ether oxygens (including phenoxy) is 1. The lowest BCUT2D eigenvalue weighted by Crippen LogP contribution is -2.41. The van der Waals surface area contributed by atoms with E-state index in [0.29, 0.717) is 5.56 Å². The van der Waals surface area contributed by atoms with Crippen molar-refractivity contribution in [2.24, 2.45) is 0 Å². The minimum atomic E-state index is -4.50. The molecule has 1 rings (SSSR count). The molecule has 0 aliphatic rings. The Hall–Kier alpha value is -2.32. The maximum Gasteiger partial charge on any atom is 0.405 e. The number of carbonyl (C=O) groups is 1. The number of benzene rings is 1. The van der Waals surface area contributed by atoms with E-state index in [9.17, 15) is 28.1 Å². The van der Waals surface area contributed by atoms with E-state index in [-0.39, 0.29) is 11.4 Å². The number of hydrogen-bond acceptors (Lipinski definition) is 4. The molecule has 1 aromatic rings. The van der Waals surface area contributed by atoms with E-state index < -0.39 is 29.7 Å². The van der Waals surface area contributed by atoms with Crippen LogP contribution in [0.2, 0.25) is 0 Å². The van der Waals surface area contributed by atoms with Gasteiger partial charge in [-0.25, -0.2) is 0 Å². The zero-order valence-electron chi connectivity index (χ0n) is 11.2. The first-order valence-corrected chi connectivity index (χ1v) is 5.86. The van der Waals surface area contributed by atoms with Gasteiger partial charge in [-0.15, -0.1) is 0 Å². The molecule has 9 heteroatoms. The monoisotopic (exact) mass is 306 g/mol. The molecular formula is C12H13F3N2O4. The number of nitrogens with zero attached hydrogens (tertiary/aromatic N) is 1. The van der Waals surface area contributed by atoms with Gasteiger partial charge < -0.3 is 10.1 Å². The van der Waals surface area contributed by atoms with Crippen LogP contribution >= 0.6 is 0 Å². The first kappa shape index (κ1) is 16.7. The van der Waals surface area contributed by atoms with Crippen LogP contribution < -0.4 is 10.1 Å². The highest BCUT2D eigenvalue weighted by Crippen LogP contribution is 2.23. The summed E-state index contributed by atoms with van der Waals surface area (Å²) in [5, 5.41) is 12.3. The van der Waals surface area contributed by atoms with Gasteiger partial charge in [-0.2, -0.15) is 13.2 Å². The lowest BCUT2D eigenvalue weighted by molar-refractivity contribution is -0.385. The molecule has 0 aromatic heterocycles. The Morgan fingerprint density at radius 1 is 1.48 bits per heavy atom. The van der Waals surface area contributed by atoms with Gasteiger partial charge in [0.15, 0.2) is 6.10 Å². The molecule has 0 bridgehead atoms. The fourth-order valence-corrected chi connectivity index (χ4v) is 1.49. The third-order valence-corrected chi connectivity index (χ3v) is 2.51. The van der Waals surface area contributed by atoms with Crippen molar-refractivity contribution in [1.82, 2.24) is 5.32 Å². The van der Waals surface area contributed by atoms with Crippen molar-refractivity contribution in [3.05, 3.63) is 33.9 Å². The topological polar surface area (TPSA) is 81.5 Å². The van der Waals surface area contributed by atoms with Crippen LogP contribution in [-0.2, 0) is 4.79 Å². The highest BCUT2D eigenvalue weighted by molar-refractivity contribution is 5.80. The quantitative estimate of drug-likeness (QED) is 0.669. The van der Waals surface area contributed by atoms with Crippen molar-refractivity contribution >= 4 is 11.6 Å². The van der Waals surface area contributed by atoms with Crippen molar-refractivity contribution in [1.29, 1.82) is 0 Å². The third kappa shape index (κ3) is 5.28. The van der Waals surface area contributed by atoms with E-state index in [1.165, 1.54) is 32.0 Å². The summed E-state index contributed by atoms with van der Waals surface area (Å²) in [4.78, 5) is 21.5. The van der Waals surface area contributed by atoms with Crippen LogP contribution in [0.4, 0.5) is 18.9 Å². The maximum absolute atomic E-state index is 12.0. The minimum absolute atomic E-state index is 0.114. The van der Waals surface area contributed by atoms with Gasteiger partial charge in [0.1, 0.15) is 12.3 Å². The molecule has 116 valence electrons. The summed E-state index contributed by atoms with van der Waals surface area (Å²) >= 11 is 0. The number of nitro groups is 1. The number of carbonyl (C=O) groups excluding carboxylic acids is 1. The molecule has 21 heavy (non-hydrogen) atoms. The van der Waals surface area contributed by atoms with Crippen LogP contribution in [0.15, 0.2) is 18.2 Å². The van der Waals surface area contributed by atoms with Gasteiger partial charge >= 0.3 is 6.18 Å². The fraction of sp³-hybridized carbons (Fsp3) is 0.417. The second-order valence-corrected chi connectivity index (χ2v) is 4.30. The van der Waals surface area contributed by atoms with Gasteiger partial charge in [-0.3, -0.25) is 14.9 Å². The molecule has 0 saturated heterocycles. The minimum Gasteiger partial charge on any atom is -0.481 e. The fourth-order valence-electron chi connectivity index (χ4n) is 1.49. The molecule has 0 heterocycles. The largest absolute Gasteiger partial charge is 0.481 e. The van der Waals surface area contributed by atoms with E-state index in [1.54, 1.807) is 5.32 Å². The van der Waals surface area contributed by atoms with Crippen LogP contribution in [0.3, 0.4) is 0 Å². The second kappa shape index (κ2) is 6.42. The van der Waals surface area contributed by atoms with Crippen molar-refractivity contribution in [3.8, 4) is 5.75 Å². The number of nitro benzene ring substituents is 1. The van der Waals surface area contributed by atoms with E-state index in [0.717, 1.165) is 0 Å². The highest BCUT2D eigenvalue weighted by atomic mass is 19.4. The summed E-state index contributed by atoms with van der Waals surface area (Å²) in [6.45, 7) is 1.32. The molecule has 0 spiro atoms. The highest BCUT2D eigenvalue weighted by Gasteiger charge is 2.29. The molecule has 1 amide bonds. The molecule has 1 unspecified atom stereocenters. The Kier molecular flexibility index (Phi) is 5.12. The summed E-state index contributed by atoms with van der Waals surface area (Å²) in [7, 11) is 0. The summed E-state index contributed by atoms with van der Waals surface area (Å²) < 4.78 is 41.0.